The highest BCUT2D eigenvalue weighted by molar-refractivity contribution is 5.88. The van der Waals surface area contributed by atoms with Gasteiger partial charge in [0.25, 0.3) is 0 Å². The molecule has 10 heteroatoms. The molecule has 160 valence electrons. The number of carbonyl (C=O) groups excluding carboxylic acids is 3. The van der Waals surface area contributed by atoms with Crippen LogP contribution in [0, 0.1) is 5.92 Å². The summed E-state index contributed by atoms with van der Waals surface area (Å²) in [6.07, 6.45) is 2.79. The first-order chi connectivity index (χ1) is 13.1. The maximum atomic E-state index is 12.0. The minimum atomic E-state index is -1.24. The molecule has 0 bridgehead atoms. The van der Waals surface area contributed by atoms with Crippen molar-refractivity contribution in [2.75, 3.05) is 6.54 Å². The summed E-state index contributed by atoms with van der Waals surface area (Å²) in [5, 5.41) is 24.8. The number of unbranched alkanes of at least 4 members (excludes halogenated alkanes) is 1. The van der Waals surface area contributed by atoms with E-state index >= 15 is 0 Å². The van der Waals surface area contributed by atoms with E-state index in [4.69, 9.17) is 5.11 Å². The van der Waals surface area contributed by atoms with Crippen LogP contribution < -0.4 is 16.0 Å². The van der Waals surface area contributed by atoms with Crippen molar-refractivity contribution in [2.45, 2.75) is 71.4 Å². The molecule has 5 N–H and O–H groups in total. The molecule has 3 amide bonds. The van der Waals surface area contributed by atoms with E-state index in [2.05, 4.69) is 22.9 Å². The molecule has 28 heavy (non-hydrogen) atoms. The van der Waals surface area contributed by atoms with Crippen LogP contribution in [0.1, 0.15) is 59.3 Å². The molecule has 0 saturated carbocycles. The van der Waals surface area contributed by atoms with Crippen LogP contribution in [-0.4, -0.2) is 58.5 Å². The second-order valence-corrected chi connectivity index (χ2v) is 6.85. The minimum absolute atomic E-state index is 0.122. The Balaban J connectivity index is 4.31. The molecule has 0 heterocycles. The molecule has 0 spiro atoms. The van der Waals surface area contributed by atoms with Crippen molar-refractivity contribution < 1.29 is 34.2 Å². The zero-order valence-corrected chi connectivity index (χ0v) is 16.6. The van der Waals surface area contributed by atoms with Gasteiger partial charge in [-0.1, -0.05) is 33.1 Å². The van der Waals surface area contributed by atoms with Crippen LogP contribution in [0.5, 0.6) is 0 Å². The Morgan fingerprint density at radius 1 is 0.857 bits per heavy atom. The van der Waals surface area contributed by atoms with Crippen LogP contribution in [0.25, 0.3) is 0 Å². The maximum absolute atomic E-state index is 12.0. The Morgan fingerprint density at radius 3 is 2.04 bits per heavy atom. The lowest BCUT2D eigenvalue weighted by Crippen LogP contribution is -2.45. The van der Waals surface area contributed by atoms with E-state index in [1.165, 1.54) is 6.92 Å². The van der Waals surface area contributed by atoms with Gasteiger partial charge in [-0.25, -0.2) is 4.79 Å². The third-order valence-electron chi connectivity index (χ3n) is 4.07. The Kier molecular flexibility index (Phi) is 12.2. The van der Waals surface area contributed by atoms with E-state index in [1.807, 2.05) is 6.92 Å². The molecule has 0 aliphatic rings. The lowest BCUT2D eigenvalue weighted by atomic mass is 10.00. The number of aliphatic carboxylic acids is 2. The molecule has 0 saturated heterocycles. The lowest BCUT2D eigenvalue weighted by molar-refractivity contribution is -0.142. The van der Waals surface area contributed by atoms with Gasteiger partial charge in [-0.15, -0.1) is 0 Å². The van der Waals surface area contributed by atoms with Crippen molar-refractivity contribution in [2.24, 2.45) is 5.92 Å². The first kappa shape index (κ1) is 25.4. The first-order valence-corrected chi connectivity index (χ1v) is 9.37. The van der Waals surface area contributed by atoms with Gasteiger partial charge in [-0.05, 0) is 19.3 Å². The second-order valence-electron chi connectivity index (χ2n) is 6.85. The fourth-order valence-corrected chi connectivity index (χ4v) is 2.38. The lowest BCUT2D eigenvalue weighted by Gasteiger charge is -2.16. The molecule has 10 nitrogen and oxygen atoms in total. The van der Waals surface area contributed by atoms with Crippen LogP contribution >= 0.6 is 0 Å². The molecule has 3 atom stereocenters. The van der Waals surface area contributed by atoms with Gasteiger partial charge < -0.3 is 26.2 Å². The monoisotopic (exact) mass is 401 g/mol. The Hall–Kier alpha value is -2.65. The van der Waals surface area contributed by atoms with Gasteiger partial charge in [0, 0.05) is 12.8 Å². The first-order valence-electron chi connectivity index (χ1n) is 9.37. The number of carboxylic acids is 2. The topological polar surface area (TPSA) is 162 Å². The normalized spacial score (nSPS) is 13.7. The zero-order valence-electron chi connectivity index (χ0n) is 16.6. The van der Waals surface area contributed by atoms with E-state index in [0.29, 0.717) is 0 Å². The molecule has 0 fully saturated rings. The second kappa shape index (κ2) is 13.5. The SMILES string of the molecule is CCCCC(C)CC(=O)N[C@H](CCC(=O)NCC(=O)N[C@H](C)C(=O)O)C(=O)O. The third kappa shape index (κ3) is 11.9. The van der Waals surface area contributed by atoms with Crippen molar-refractivity contribution in [3.8, 4) is 0 Å². The summed E-state index contributed by atoms with van der Waals surface area (Å²) in [4.78, 5) is 57.1. The van der Waals surface area contributed by atoms with Crippen molar-refractivity contribution in [1.82, 2.24) is 16.0 Å². The van der Waals surface area contributed by atoms with Crippen molar-refractivity contribution >= 4 is 29.7 Å². The maximum Gasteiger partial charge on any atom is 0.326 e. The predicted molar refractivity (Wildman–Crippen MR) is 100 cm³/mol. The molecule has 0 rings (SSSR count). The standard InChI is InChI=1S/C18H31N3O7/c1-4-5-6-11(2)9-15(23)21-13(18(27)28)7-8-14(22)19-10-16(24)20-12(3)17(25)26/h11-13H,4-10H2,1-3H3,(H,19,22)(H,20,24)(H,21,23)(H,25,26)(H,27,28)/t11?,12-,13-/m1/s1. The summed E-state index contributed by atoms with van der Waals surface area (Å²) >= 11 is 0. The molecule has 0 aromatic heterocycles. The largest absolute Gasteiger partial charge is 0.480 e. The summed E-state index contributed by atoms with van der Waals surface area (Å²) in [5.74, 6) is -3.93. The van der Waals surface area contributed by atoms with Gasteiger partial charge in [0.15, 0.2) is 0 Å². The van der Waals surface area contributed by atoms with E-state index in [0.717, 1.165) is 19.3 Å². The van der Waals surface area contributed by atoms with E-state index in [9.17, 15) is 29.1 Å². The molecular weight excluding hydrogens is 370 g/mol. The number of nitrogens with one attached hydrogen (secondary N) is 3. The number of hydrogen-bond acceptors (Lipinski definition) is 5. The van der Waals surface area contributed by atoms with Gasteiger partial charge in [0.05, 0.1) is 6.54 Å². The summed E-state index contributed by atoms with van der Waals surface area (Å²) in [7, 11) is 0. The Morgan fingerprint density at radius 2 is 1.50 bits per heavy atom. The van der Waals surface area contributed by atoms with Crippen LogP contribution in [0.3, 0.4) is 0 Å². The predicted octanol–water partition coefficient (Wildman–Crippen LogP) is 0.258. The smallest absolute Gasteiger partial charge is 0.326 e. The average Bonchev–Trinajstić information content (AvgIpc) is 2.61. The Labute approximate surface area is 164 Å². The molecule has 0 radical (unpaired) electrons. The van der Waals surface area contributed by atoms with Crippen molar-refractivity contribution in [3.63, 3.8) is 0 Å². The summed E-state index contributed by atoms with van der Waals surface area (Å²) < 4.78 is 0. The number of rotatable bonds is 14. The third-order valence-corrected chi connectivity index (χ3v) is 4.07. The van der Waals surface area contributed by atoms with Gasteiger partial charge in [-0.3, -0.25) is 19.2 Å². The molecular formula is C18H31N3O7. The summed E-state index contributed by atoms with van der Waals surface area (Å²) in [6.45, 7) is 4.84. The zero-order chi connectivity index (χ0) is 21.7. The molecule has 0 aliphatic heterocycles. The number of amides is 3. The quantitative estimate of drug-likeness (QED) is 0.279. The molecule has 0 aromatic rings. The fraction of sp³-hybridized carbons (Fsp3) is 0.722. The summed E-state index contributed by atoms with van der Waals surface area (Å²) in [6, 6.07) is -2.28. The van der Waals surface area contributed by atoms with E-state index < -0.39 is 42.4 Å². The van der Waals surface area contributed by atoms with Crippen LogP contribution in [-0.2, 0) is 24.0 Å². The van der Waals surface area contributed by atoms with E-state index in [1.54, 1.807) is 0 Å². The van der Waals surface area contributed by atoms with Gasteiger partial charge in [-0.2, -0.15) is 0 Å². The highest BCUT2D eigenvalue weighted by Crippen LogP contribution is 2.12. The van der Waals surface area contributed by atoms with Crippen LogP contribution in [0.2, 0.25) is 0 Å². The number of carbonyl (C=O) groups is 5. The van der Waals surface area contributed by atoms with Crippen LogP contribution in [0.4, 0.5) is 0 Å². The minimum Gasteiger partial charge on any atom is -0.480 e. The highest BCUT2D eigenvalue weighted by atomic mass is 16.4. The molecule has 0 aliphatic carbocycles. The van der Waals surface area contributed by atoms with E-state index in [-0.39, 0.29) is 31.1 Å². The van der Waals surface area contributed by atoms with Crippen molar-refractivity contribution in [1.29, 1.82) is 0 Å². The molecule has 1 unspecified atom stereocenters. The molecule has 0 aromatic carbocycles. The van der Waals surface area contributed by atoms with Crippen LogP contribution in [0.15, 0.2) is 0 Å². The van der Waals surface area contributed by atoms with Gasteiger partial charge >= 0.3 is 11.9 Å². The number of hydrogen-bond donors (Lipinski definition) is 5. The highest BCUT2D eigenvalue weighted by Gasteiger charge is 2.22. The Bertz CT molecular complexity index is 565. The summed E-state index contributed by atoms with van der Waals surface area (Å²) in [5.41, 5.74) is 0. The number of carboxylic acid groups (broad SMARTS) is 2. The van der Waals surface area contributed by atoms with Crippen molar-refractivity contribution in [3.05, 3.63) is 0 Å². The van der Waals surface area contributed by atoms with Gasteiger partial charge in [0.2, 0.25) is 17.7 Å². The average molecular weight is 401 g/mol. The van der Waals surface area contributed by atoms with Gasteiger partial charge in [0.1, 0.15) is 12.1 Å². The fourth-order valence-electron chi connectivity index (χ4n) is 2.38.